The maximum Gasteiger partial charge on any atom is 0.208 e. The van der Waals surface area contributed by atoms with Crippen molar-refractivity contribution in [1.29, 1.82) is 0 Å². The van der Waals surface area contributed by atoms with Crippen molar-refractivity contribution >= 4 is 29.6 Å². The monoisotopic (exact) mass is 361 g/mol. The molecule has 1 aliphatic rings. The number of nitrogens with zero attached hydrogens (tertiary/aromatic N) is 4. The number of nitrogens with two attached hydrogens (primary N) is 1. The summed E-state index contributed by atoms with van der Waals surface area (Å²) >= 11 is 4.51. The van der Waals surface area contributed by atoms with Crippen molar-refractivity contribution in [3.05, 3.63) is 12.2 Å². The van der Waals surface area contributed by atoms with Crippen LogP contribution in [0.1, 0.15) is 51.6 Å². The molecule has 2 aromatic rings. The van der Waals surface area contributed by atoms with Crippen molar-refractivity contribution in [3.63, 3.8) is 0 Å². The Bertz CT molecular complexity index is 812. The molecule has 0 amide bonds. The van der Waals surface area contributed by atoms with E-state index in [0.29, 0.717) is 23.4 Å². The fourth-order valence-corrected chi connectivity index (χ4v) is 3.29. The second-order valence-electron chi connectivity index (χ2n) is 6.12. The zero-order chi connectivity index (χ0) is 18.0. The number of thiol groups is 1. The molecule has 2 aromatic heterocycles. The molecule has 3 N–H and O–H groups in total. The van der Waals surface area contributed by atoms with E-state index in [0.717, 1.165) is 19.3 Å². The Morgan fingerprint density at radius 3 is 2.88 bits per heavy atom. The molecular weight excluding hydrogens is 338 g/mol. The minimum atomic E-state index is -0.650. The van der Waals surface area contributed by atoms with Crippen LogP contribution in [-0.2, 0) is 4.74 Å². The SMILES string of the molecule is CCCCC#Cc1nc(N)c2ncn([C@@H]3O[C@H](CC)[C@@H](O)[C@H]3S)c2n1. The van der Waals surface area contributed by atoms with Crippen molar-refractivity contribution in [2.45, 2.75) is 63.2 Å². The Labute approximate surface area is 152 Å². The number of fused-ring (bicyclic) bond motifs is 1. The van der Waals surface area contributed by atoms with E-state index in [-0.39, 0.29) is 17.2 Å². The quantitative estimate of drug-likeness (QED) is 0.437. The number of unbranched alkanes of at least 4 members (excludes halogenated alkanes) is 2. The van der Waals surface area contributed by atoms with Crippen molar-refractivity contribution in [3.8, 4) is 11.8 Å². The van der Waals surface area contributed by atoms with Crippen LogP contribution < -0.4 is 5.73 Å². The summed E-state index contributed by atoms with van der Waals surface area (Å²) < 4.78 is 7.69. The number of ether oxygens (including phenoxy) is 1. The first-order valence-corrected chi connectivity index (χ1v) is 9.09. The van der Waals surface area contributed by atoms with Gasteiger partial charge in [0, 0.05) is 6.42 Å². The van der Waals surface area contributed by atoms with Crippen molar-refractivity contribution in [1.82, 2.24) is 19.5 Å². The first-order valence-electron chi connectivity index (χ1n) is 8.57. The molecule has 3 heterocycles. The van der Waals surface area contributed by atoms with Crippen LogP contribution in [0.2, 0.25) is 0 Å². The highest BCUT2D eigenvalue weighted by molar-refractivity contribution is 7.81. The van der Waals surface area contributed by atoms with Crippen LogP contribution in [0, 0.1) is 11.8 Å². The third-order valence-electron chi connectivity index (χ3n) is 4.32. The second kappa shape index (κ2) is 7.60. The summed E-state index contributed by atoms with van der Waals surface area (Å²) in [5.74, 6) is 6.67. The molecule has 0 saturated carbocycles. The number of anilines is 1. The van der Waals surface area contributed by atoms with Gasteiger partial charge in [-0.2, -0.15) is 12.6 Å². The van der Waals surface area contributed by atoms with Crippen molar-refractivity contribution in [2.24, 2.45) is 0 Å². The molecule has 8 heteroatoms. The molecule has 0 spiro atoms. The standard InChI is InChI=1S/C17H23N5O2S/c1-3-5-6-7-8-11-20-15(18)12-16(21-11)22(9-19-12)17-14(25)13(23)10(4-2)24-17/h9-10,13-14,17,23,25H,3-6H2,1-2H3,(H2,18,20,21)/t10-,13-,14-,17-/m1/s1. The van der Waals surface area contributed by atoms with E-state index in [1.165, 1.54) is 0 Å². The number of aromatic nitrogens is 4. The molecule has 1 aliphatic heterocycles. The Balaban J connectivity index is 1.97. The largest absolute Gasteiger partial charge is 0.389 e. The molecule has 0 aromatic carbocycles. The van der Waals surface area contributed by atoms with E-state index >= 15 is 0 Å². The molecular formula is C17H23N5O2S. The van der Waals surface area contributed by atoms with Crippen molar-refractivity contribution < 1.29 is 9.84 Å². The number of aliphatic hydroxyl groups excluding tert-OH is 1. The highest BCUT2D eigenvalue weighted by atomic mass is 32.1. The first-order chi connectivity index (χ1) is 12.1. The van der Waals surface area contributed by atoms with E-state index < -0.39 is 12.3 Å². The summed E-state index contributed by atoms with van der Waals surface area (Å²) in [7, 11) is 0. The minimum absolute atomic E-state index is 0.266. The maximum absolute atomic E-state index is 10.3. The zero-order valence-corrected chi connectivity index (χ0v) is 15.3. The molecule has 4 atom stereocenters. The fourth-order valence-electron chi connectivity index (χ4n) is 2.88. The smallest absolute Gasteiger partial charge is 0.208 e. The Kier molecular flexibility index (Phi) is 5.47. The van der Waals surface area contributed by atoms with Gasteiger partial charge in [-0.25, -0.2) is 15.0 Å². The van der Waals surface area contributed by atoms with Gasteiger partial charge in [0.05, 0.1) is 23.8 Å². The Hall–Kier alpha value is -1.82. The molecule has 0 radical (unpaired) electrons. The predicted octanol–water partition coefficient (Wildman–Crippen LogP) is 1.92. The van der Waals surface area contributed by atoms with Gasteiger partial charge in [-0.05, 0) is 18.8 Å². The third-order valence-corrected chi connectivity index (χ3v) is 4.88. The lowest BCUT2D eigenvalue weighted by atomic mass is 10.1. The summed E-state index contributed by atoms with van der Waals surface area (Å²) in [6, 6.07) is 0. The van der Waals surface area contributed by atoms with E-state index in [1.807, 2.05) is 6.92 Å². The number of rotatable bonds is 4. The minimum Gasteiger partial charge on any atom is -0.389 e. The molecule has 1 saturated heterocycles. The number of nitrogen functional groups attached to an aromatic ring is 1. The molecule has 0 bridgehead atoms. The summed E-state index contributed by atoms with van der Waals surface area (Å²) in [6.45, 7) is 4.08. The van der Waals surface area contributed by atoms with Crippen LogP contribution in [0.3, 0.4) is 0 Å². The average Bonchev–Trinajstić information content (AvgIpc) is 3.14. The van der Waals surface area contributed by atoms with Crippen LogP contribution in [0.25, 0.3) is 11.2 Å². The van der Waals surface area contributed by atoms with Crippen LogP contribution in [-0.4, -0.2) is 42.1 Å². The third kappa shape index (κ3) is 3.45. The lowest BCUT2D eigenvalue weighted by Crippen LogP contribution is -2.27. The van der Waals surface area contributed by atoms with Gasteiger partial charge in [-0.3, -0.25) is 4.57 Å². The van der Waals surface area contributed by atoms with E-state index in [9.17, 15) is 5.11 Å². The zero-order valence-electron chi connectivity index (χ0n) is 14.4. The van der Waals surface area contributed by atoms with Gasteiger partial charge in [-0.1, -0.05) is 26.2 Å². The highest BCUT2D eigenvalue weighted by Crippen LogP contribution is 2.36. The molecule has 0 aliphatic carbocycles. The Morgan fingerprint density at radius 2 is 2.20 bits per heavy atom. The summed E-state index contributed by atoms with van der Waals surface area (Å²) in [4.78, 5) is 13.0. The van der Waals surface area contributed by atoms with Crippen LogP contribution >= 0.6 is 12.6 Å². The number of hydrogen-bond acceptors (Lipinski definition) is 7. The maximum atomic E-state index is 10.3. The van der Waals surface area contributed by atoms with Gasteiger partial charge < -0.3 is 15.6 Å². The van der Waals surface area contributed by atoms with Crippen molar-refractivity contribution in [2.75, 3.05) is 5.73 Å². The normalized spacial score (nSPS) is 25.9. The van der Waals surface area contributed by atoms with Crippen LogP contribution in [0.5, 0.6) is 0 Å². The summed E-state index contributed by atoms with van der Waals surface area (Å²) in [5.41, 5.74) is 7.05. The predicted molar refractivity (Wildman–Crippen MR) is 99.1 cm³/mol. The summed E-state index contributed by atoms with van der Waals surface area (Å²) in [5, 5.41) is 9.88. The average molecular weight is 361 g/mol. The van der Waals surface area contributed by atoms with E-state index in [2.05, 4.69) is 46.3 Å². The van der Waals surface area contributed by atoms with E-state index in [4.69, 9.17) is 10.5 Å². The second-order valence-corrected chi connectivity index (χ2v) is 6.71. The van der Waals surface area contributed by atoms with E-state index in [1.54, 1.807) is 10.9 Å². The van der Waals surface area contributed by atoms with Crippen LogP contribution in [0.15, 0.2) is 6.33 Å². The Morgan fingerprint density at radius 1 is 1.40 bits per heavy atom. The van der Waals surface area contributed by atoms with Crippen LogP contribution in [0.4, 0.5) is 5.82 Å². The lowest BCUT2D eigenvalue weighted by Gasteiger charge is -2.16. The molecule has 25 heavy (non-hydrogen) atoms. The van der Waals surface area contributed by atoms with Gasteiger partial charge in [0.1, 0.15) is 5.52 Å². The molecule has 3 rings (SSSR count). The lowest BCUT2D eigenvalue weighted by molar-refractivity contribution is -0.0180. The van der Waals surface area contributed by atoms with Gasteiger partial charge in [0.25, 0.3) is 0 Å². The molecule has 1 fully saturated rings. The fraction of sp³-hybridized carbons (Fsp3) is 0.588. The summed E-state index contributed by atoms with van der Waals surface area (Å²) in [6.07, 6.45) is 3.84. The van der Waals surface area contributed by atoms with Gasteiger partial charge in [0.2, 0.25) is 5.82 Å². The van der Waals surface area contributed by atoms with Gasteiger partial charge in [0.15, 0.2) is 17.7 Å². The number of hydrogen-bond donors (Lipinski definition) is 3. The number of imidazole rings is 1. The first kappa shape index (κ1) is 18.0. The number of aliphatic hydroxyl groups is 1. The highest BCUT2D eigenvalue weighted by Gasteiger charge is 2.42. The topological polar surface area (TPSA) is 99.1 Å². The molecule has 0 unspecified atom stereocenters. The molecule has 7 nitrogen and oxygen atoms in total. The van der Waals surface area contributed by atoms with Gasteiger partial charge >= 0.3 is 0 Å². The van der Waals surface area contributed by atoms with Gasteiger partial charge in [-0.15, -0.1) is 0 Å². The molecule has 134 valence electrons.